The predicted octanol–water partition coefficient (Wildman–Crippen LogP) is 5.34. The first-order valence-electron chi connectivity index (χ1n) is 10.2. The van der Waals surface area contributed by atoms with Gasteiger partial charge in [0.1, 0.15) is 0 Å². The maximum absolute atomic E-state index is 9.36. The topological polar surface area (TPSA) is 64.7 Å². The van der Waals surface area contributed by atoms with Crippen molar-refractivity contribution in [3.05, 3.63) is 95.6 Å². The van der Waals surface area contributed by atoms with E-state index in [0.29, 0.717) is 5.69 Å². The van der Waals surface area contributed by atoms with Crippen LogP contribution in [0.15, 0.2) is 83.8 Å². The monoisotopic (exact) mass is 421 g/mol. The summed E-state index contributed by atoms with van der Waals surface area (Å²) < 4.78 is 12.9. The zero-order valence-corrected chi connectivity index (χ0v) is 17.8. The van der Waals surface area contributed by atoms with Crippen molar-refractivity contribution in [3.8, 4) is 0 Å². The van der Waals surface area contributed by atoms with Gasteiger partial charge in [-0.15, -0.1) is 11.8 Å². The van der Waals surface area contributed by atoms with E-state index in [4.69, 9.17) is 15.2 Å². The van der Waals surface area contributed by atoms with Crippen LogP contribution < -0.4 is 5.73 Å². The van der Waals surface area contributed by atoms with Crippen LogP contribution in [0.4, 0.5) is 5.69 Å². The van der Waals surface area contributed by atoms with Gasteiger partial charge in [0.15, 0.2) is 6.29 Å². The first kappa shape index (κ1) is 20.9. The van der Waals surface area contributed by atoms with Crippen LogP contribution in [-0.4, -0.2) is 17.0 Å². The van der Waals surface area contributed by atoms with E-state index in [0.717, 1.165) is 22.4 Å². The normalized spacial score (nSPS) is 23.9. The third-order valence-electron chi connectivity index (χ3n) is 5.46. The Morgan fingerprint density at radius 3 is 2.37 bits per heavy atom. The standard InChI is InChI=1S/C25H27NO3S/c1-17-23(16-30-22-8-3-2-4-9-22)28-25(20-6-5-7-21(26)14-20)29-24(17)19-12-10-18(15-27)11-13-19/h2-14,17,23-25,27H,15-16,26H2,1H3. The fourth-order valence-corrected chi connectivity index (χ4v) is 4.80. The lowest BCUT2D eigenvalue weighted by molar-refractivity contribution is -0.268. The lowest BCUT2D eigenvalue weighted by Gasteiger charge is -2.41. The van der Waals surface area contributed by atoms with Crippen LogP contribution in [-0.2, 0) is 16.1 Å². The summed E-state index contributed by atoms with van der Waals surface area (Å²) in [6, 6.07) is 26.0. The van der Waals surface area contributed by atoms with Crippen molar-refractivity contribution < 1.29 is 14.6 Å². The number of rotatable bonds is 6. The van der Waals surface area contributed by atoms with Crippen LogP contribution in [0.1, 0.15) is 36.0 Å². The molecule has 0 aliphatic carbocycles. The van der Waals surface area contributed by atoms with Crippen molar-refractivity contribution >= 4 is 17.4 Å². The Balaban J connectivity index is 1.59. The van der Waals surface area contributed by atoms with Gasteiger partial charge in [-0.25, -0.2) is 0 Å². The zero-order chi connectivity index (χ0) is 20.9. The number of ether oxygens (including phenoxy) is 2. The zero-order valence-electron chi connectivity index (χ0n) is 17.0. The molecule has 1 saturated heterocycles. The Kier molecular flexibility index (Phi) is 6.75. The molecule has 30 heavy (non-hydrogen) atoms. The van der Waals surface area contributed by atoms with E-state index in [9.17, 15) is 5.11 Å². The van der Waals surface area contributed by atoms with Crippen LogP contribution in [0.25, 0.3) is 0 Å². The number of hydrogen-bond donors (Lipinski definition) is 2. The molecule has 0 saturated carbocycles. The van der Waals surface area contributed by atoms with Crippen molar-refractivity contribution in [1.29, 1.82) is 0 Å². The number of nitrogen functional groups attached to an aromatic ring is 1. The summed E-state index contributed by atoms with van der Waals surface area (Å²) in [7, 11) is 0. The van der Waals surface area contributed by atoms with Crippen LogP contribution in [0, 0.1) is 5.92 Å². The van der Waals surface area contributed by atoms with Crippen LogP contribution >= 0.6 is 11.8 Å². The molecule has 0 bridgehead atoms. The van der Waals surface area contributed by atoms with Crippen molar-refractivity contribution in [2.45, 2.75) is 36.9 Å². The number of anilines is 1. The molecular formula is C25H27NO3S. The number of thioether (sulfide) groups is 1. The predicted molar refractivity (Wildman–Crippen MR) is 121 cm³/mol. The largest absolute Gasteiger partial charge is 0.399 e. The summed E-state index contributed by atoms with van der Waals surface area (Å²) >= 11 is 1.80. The second-order valence-corrected chi connectivity index (χ2v) is 8.71. The van der Waals surface area contributed by atoms with Crippen molar-refractivity contribution in [2.24, 2.45) is 5.92 Å². The second kappa shape index (κ2) is 9.67. The third-order valence-corrected chi connectivity index (χ3v) is 6.56. The Morgan fingerprint density at radius 2 is 1.67 bits per heavy atom. The van der Waals surface area contributed by atoms with Crippen molar-refractivity contribution in [1.82, 2.24) is 0 Å². The SMILES string of the molecule is CC1C(CSc2ccccc2)OC(c2cccc(N)c2)OC1c1ccc(CO)cc1. The average Bonchev–Trinajstić information content (AvgIpc) is 2.79. The highest BCUT2D eigenvalue weighted by Crippen LogP contribution is 2.43. The molecule has 0 radical (unpaired) electrons. The molecule has 3 N–H and O–H groups in total. The lowest BCUT2D eigenvalue weighted by atomic mass is 9.91. The van der Waals surface area contributed by atoms with E-state index in [2.05, 4.69) is 31.2 Å². The number of hydrogen-bond acceptors (Lipinski definition) is 5. The van der Waals surface area contributed by atoms with E-state index in [1.807, 2.05) is 54.6 Å². The number of nitrogens with two attached hydrogens (primary N) is 1. The van der Waals surface area contributed by atoms with Gasteiger partial charge in [0.05, 0.1) is 18.8 Å². The van der Waals surface area contributed by atoms with Gasteiger partial charge < -0.3 is 20.3 Å². The third kappa shape index (κ3) is 4.87. The molecule has 1 fully saturated rings. The van der Waals surface area contributed by atoms with Gasteiger partial charge in [0, 0.05) is 27.8 Å². The second-order valence-electron chi connectivity index (χ2n) is 7.62. The minimum Gasteiger partial charge on any atom is -0.399 e. The molecule has 0 aromatic heterocycles. The number of benzene rings is 3. The first-order valence-corrected chi connectivity index (χ1v) is 11.2. The summed E-state index contributed by atoms with van der Waals surface area (Å²) in [5.41, 5.74) is 9.60. The molecule has 0 spiro atoms. The van der Waals surface area contributed by atoms with Gasteiger partial charge in [-0.3, -0.25) is 0 Å². The van der Waals surface area contributed by atoms with E-state index in [1.54, 1.807) is 11.8 Å². The van der Waals surface area contributed by atoms with E-state index in [-0.39, 0.29) is 24.7 Å². The van der Waals surface area contributed by atoms with Crippen molar-refractivity contribution in [3.63, 3.8) is 0 Å². The lowest BCUT2D eigenvalue weighted by Crippen LogP contribution is -2.38. The Morgan fingerprint density at radius 1 is 0.900 bits per heavy atom. The molecule has 3 aromatic carbocycles. The first-order chi connectivity index (χ1) is 14.6. The molecule has 1 aliphatic rings. The van der Waals surface area contributed by atoms with Gasteiger partial charge in [0.2, 0.25) is 0 Å². The fraction of sp³-hybridized carbons (Fsp3) is 0.280. The highest BCUT2D eigenvalue weighted by atomic mass is 32.2. The molecule has 3 aromatic rings. The Bertz CT molecular complexity index is 948. The maximum atomic E-state index is 9.36. The van der Waals surface area contributed by atoms with Crippen LogP contribution in [0.5, 0.6) is 0 Å². The van der Waals surface area contributed by atoms with Crippen LogP contribution in [0.3, 0.4) is 0 Å². The quantitative estimate of drug-likeness (QED) is 0.415. The minimum atomic E-state index is -0.478. The van der Waals surface area contributed by atoms with E-state index in [1.165, 1.54) is 4.90 Å². The molecule has 4 atom stereocenters. The summed E-state index contributed by atoms with van der Waals surface area (Å²) in [6.07, 6.45) is -0.578. The highest BCUT2D eigenvalue weighted by Gasteiger charge is 2.38. The number of aliphatic hydroxyl groups is 1. The molecule has 1 heterocycles. The molecular weight excluding hydrogens is 394 g/mol. The highest BCUT2D eigenvalue weighted by molar-refractivity contribution is 7.99. The van der Waals surface area contributed by atoms with Gasteiger partial charge >= 0.3 is 0 Å². The van der Waals surface area contributed by atoms with E-state index >= 15 is 0 Å². The summed E-state index contributed by atoms with van der Waals surface area (Å²) in [4.78, 5) is 1.23. The minimum absolute atomic E-state index is 0.0119. The number of aliphatic hydroxyl groups excluding tert-OH is 1. The summed E-state index contributed by atoms with van der Waals surface area (Å²) in [6.45, 7) is 2.21. The molecule has 4 unspecified atom stereocenters. The Hall–Kier alpha value is -2.31. The fourth-order valence-electron chi connectivity index (χ4n) is 3.71. The smallest absolute Gasteiger partial charge is 0.185 e. The molecule has 4 nitrogen and oxygen atoms in total. The molecule has 156 valence electrons. The van der Waals surface area contributed by atoms with Gasteiger partial charge in [-0.1, -0.05) is 61.5 Å². The van der Waals surface area contributed by atoms with Gasteiger partial charge in [-0.2, -0.15) is 0 Å². The van der Waals surface area contributed by atoms with Crippen LogP contribution in [0.2, 0.25) is 0 Å². The summed E-state index contributed by atoms with van der Waals surface area (Å²) in [5, 5.41) is 9.36. The van der Waals surface area contributed by atoms with Gasteiger partial charge in [-0.05, 0) is 35.4 Å². The molecule has 4 rings (SSSR count). The Labute approximate surface area is 182 Å². The van der Waals surface area contributed by atoms with Crippen molar-refractivity contribution in [2.75, 3.05) is 11.5 Å². The van der Waals surface area contributed by atoms with E-state index < -0.39 is 6.29 Å². The maximum Gasteiger partial charge on any atom is 0.185 e. The molecule has 5 heteroatoms. The molecule has 1 aliphatic heterocycles. The summed E-state index contributed by atoms with van der Waals surface area (Å²) in [5.74, 6) is 0.997. The molecule has 0 amide bonds. The van der Waals surface area contributed by atoms with Gasteiger partial charge in [0.25, 0.3) is 0 Å². The average molecular weight is 422 g/mol.